The van der Waals surface area contributed by atoms with Crippen molar-refractivity contribution in [2.24, 2.45) is 0 Å². The average molecular weight is 275 g/mol. The highest BCUT2D eigenvalue weighted by Crippen LogP contribution is 1.97. The zero-order valence-corrected chi connectivity index (χ0v) is 13.7. The van der Waals surface area contributed by atoms with Crippen LogP contribution in [0.2, 0.25) is 0 Å². The summed E-state index contributed by atoms with van der Waals surface area (Å²) in [6.07, 6.45) is -0.313. The average Bonchev–Trinajstić information content (AvgIpc) is 2.46. The lowest BCUT2D eigenvalue weighted by atomic mass is 10.3. The van der Waals surface area contributed by atoms with E-state index in [1.54, 1.807) is 6.92 Å². The first kappa shape index (κ1) is 20.5. The monoisotopic (exact) mass is 275 g/mol. The number of nitrogens with zero attached hydrogens (tertiary/aromatic N) is 2. The number of hydrogen-bond acceptors (Lipinski definition) is 4. The van der Waals surface area contributed by atoms with Crippen LogP contribution in [0.3, 0.4) is 0 Å². The molecule has 0 radical (unpaired) electrons. The first-order valence-electron chi connectivity index (χ1n) is 7.54. The molecule has 5 nitrogen and oxygen atoms in total. The number of rotatable bonds is 4. The summed E-state index contributed by atoms with van der Waals surface area (Å²) >= 11 is 0. The zero-order valence-electron chi connectivity index (χ0n) is 13.7. The van der Waals surface area contributed by atoms with Gasteiger partial charge in [0.15, 0.2) is 0 Å². The van der Waals surface area contributed by atoms with Gasteiger partial charge in [0, 0.05) is 39.3 Å². The molecule has 1 aliphatic rings. The van der Waals surface area contributed by atoms with Crippen LogP contribution >= 0.6 is 0 Å². The molecule has 116 valence electrons. The first-order valence-corrected chi connectivity index (χ1v) is 7.54. The number of alkyl carbamates (subject to hydrolysis) is 1. The van der Waals surface area contributed by atoms with E-state index in [1.165, 1.54) is 0 Å². The molecule has 1 heterocycles. The van der Waals surface area contributed by atoms with E-state index in [2.05, 4.69) is 22.2 Å². The molecular formula is C14H33N3O2. The van der Waals surface area contributed by atoms with Crippen molar-refractivity contribution in [2.45, 2.75) is 34.6 Å². The summed E-state index contributed by atoms with van der Waals surface area (Å²) in [5, 5.41) is 2.73. The summed E-state index contributed by atoms with van der Waals surface area (Å²) in [6, 6.07) is 0. The summed E-state index contributed by atoms with van der Waals surface area (Å²) in [7, 11) is 2.13. The lowest BCUT2D eigenvalue weighted by Crippen LogP contribution is -2.46. The standard InChI is InChI=1S/C10H21N3O2.2C2H6/c1-3-15-10(14)11-4-5-13-8-6-12(2)7-9-13;2*1-2/h3-9H2,1-2H3,(H,11,14);2*1-2H3. The van der Waals surface area contributed by atoms with Gasteiger partial charge in [0.25, 0.3) is 0 Å². The molecular weight excluding hydrogens is 242 g/mol. The maximum Gasteiger partial charge on any atom is 0.407 e. The van der Waals surface area contributed by atoms with Crippen LogP contribution in [0.5, 0.6) is 0 Å². The summed E-state index contributed by atoms with van der Waals surface area (Å²) in [5.74, 6) is 0. The van der Waals surface area contributed by atoms with E-state index < -0.39 is 0 Å². The molecule has 0 atom stereocenters. The highest BCUT2D eigenvalue weighted by atomic mass is 16.5. The SMILES string of the molecule is CC.CC.CCOC(=O)NCCN1CCN(C)CC1. The van der Waals surface area contributed by atoms with Gasteiger partial charge in [-0.25, -0.2) is 4.79 Å². The molecule has 1 amide bonds. The minimum atomic E-state index is -0.313. The minimum Gasteiger partial charge on any atom is -0.450 e. The molecule has 1 fully saturated rings. The van der Waals surface area contributed by atoms with Crippen LogP contribution < -0.4 is 5.32 Å². The van der Waals surface area contributed by atoms with Gasteiger partial charge in [0.1, 0.15) is 0 Å². The van der Waals surface area contributed by atoms with E-state index in [0.717, 1.165) is 32.7 Å². The molecule has 0 bridgehead atoms. The topological polar surface area (TPSA) is 44.8 Å². The fourth-order valence-electron chi connectivity index (χ4n) is 1.57. The Hall–Kier alpha value is -0.810. The van der Waals surface area contributed by atoms with Gasteiger partial charge >= 0.3 is 6.09 Å². The van der Waals surface area contributed by atoms with Gasteiger partial charge < -0.3 is 15.0 Å². The van der Waals surface area contributed by atoms with E-state index in [0.29, 0.717) is 13.2 Å². The molecule has 0 aromatic heterocycles. The van der Waals surface area contributed by atoms with Crippen LogP contribution in [0.4, 0.5) is 4.79 Å². The van der Waals surface area contributed by atoms with Gasteiger partial charge in [-0.3, -0.25) is 4.90 Å². The molecule has 1 saturated heterocycles. The maximum absolute atomic E-state index is 11.0. The van der Waals surface area contributed by atoms with E-state index in [9.17, 15) is 4.79 Å². The molecule has 0 aromatic carbocycles. The molecule has 5 heteroatoms. The van der Waals surface area contributed by atoms with E-state index in [4.69, 9.17) is 4.74 Å². The van der Waals surface area contributed by atoms with Crippen molar-refractivity contribution < 1.29 is 9.53 Å². The molecule has 19 heavy (non-hydrogen) atoms. The predicted octanol–water partition coefficient (Wildman–Crippen LogP) is 2.03. The first-order chi connectivity index (χ1) is 9.22. The summed E-state index contributed by atoms with van der Waals surface area (Å²) < 4.78 is 4.77. The number of likely N-dealkylation sites (N-methyl/N-ethyl adjacent to an activating group) is 1. The van der Waals surface area contributed by atoms with Gasteiger partial charge in [-0.05, 0) is 14.0 Å². The van der Waals surface area contributed by atoms with E-state index in [1.807, 2.05) is 27.7 Å². The van der Waals surface area contributed by atoms with Crippen LogP contribution in [-0.2, 0) is 4.74 Å². The third-order valence-electron chi connectivity index (χ3n) is 2.57. The molecule has 0 spiro atoms. The van der Waals surface area contributed by atoms with Crippen molar-refractivity contribution in [3.8, 4) is 0 Å². The summed E-state index contributed by atoms with van der Waals surface area (Å²) in [4.78, 5) is 15.6. The Labute approximate surface area is 119 Å². The van der Waals surface area contributed by atoms with Crippen molar-refractivity contribution in [1.29, 1.82) is 0 Å². The largest absolute Gasteiger partial charge is 0.450 e. The number of amides is 1. The van der Waals surface area contributed by atoms with Crippen molar-refractivity contribution in [3.63, 3.8) is 0 Å². The fraction of sp³-hybridized carbons (Fsp3) is 0.929. The van der Waals surface area contributed by atoms with Crippen LogP contribution in [-0.4, -0.2) is 68.8 Å². The smallest absolute Gasteiger partial charge is 0.407 e. The van der Waals surface area contributed by atoms with Gasteiger partial charge in [-0.15, -0.1) is 0 Å². The number of nitrogens with one attached hydrogen (secondary N) is 1. The van der Waals surface area contributed by atoms with Crippen LogP contribution in [0.1, 0.15) is 34.6 Å². The van der Waals surface area contributed by atoms with Crippen molar-refractivity contribution >= 4 is 6.09 Å². The number of piperazine rings is 1. The molecule has 0 unspecified atom stereocenters. The maximum atomic E-state index is 11.0. The third-order valence-corrected chi connectivity index (χ3v) is 2.57. The van der Waals surface area contributed by atoms with Crippen LogP contribution in [0.15, 0.2) is 0 Å². The van der Waals surface area contributed by atoms with Crippen molar-refractivity contribution in [3.05, 3.63) is 0 Å². The number of carbonyl (C=O) groups excluding carboxylic acids is 1. The number of hydrogen-bond donors (Lipinski definition) is 1. The lowest BCUT2D eigenvalue weighted by molar-refractivity contribution is 0.140. The highest BCUT2D eigenvalue weighted by Gasteiger charge is 2.13. The van der Waals surface area contributed by atoms with Crippen LogP contribution in [0.25, 0.3) is 0 Å². The van der Waals surface area contributed by atoms with Crippen molar-refractivity contribution in [1.82, 2.24) is 15.1 Å². The zero-order chi connectivity index (χ0) is 15.1. The Bertz CT molecular complexity index is 193. The quantitative estimate of drug-likeness (QED) is 0.853. The third kappa shape index (κ3) is 12.0. The summed E-state index contributed by atoms with van der Waals surface area (Å²) in [6.45, 7) is 16.2. The molecule has 0 saturated carbocycles. The number of carbonyl (C=O) groups is 1. The molecule has 0 aromatic rings. The number of ether oxygens (including phenoxy) is 1. The lowest BCUT2D eigenvalue weighted by Gasteiger charge is -2.32. The van der Waals surface area contributed by atoms with Crippen LogP contribution in [0, 0.1) is 0 Å². The van der Waals surface area contributed by atoms with E-state index >= 15 is 0 Å². The fourth-order valence-corrected chi connectivity index (χ4v) is 1.57. The molecule has 1 rings (SSSR count). The Morgan fingerprint density at radius 1 is 1.11 bits per heavy atom. The Balaban J connectivity index is 0. The summed E-state index contributed by atoms with van der Waals surface area (Å²) in [5.41, 5.74) is 0. The Kier molecular flexibility index (Phi) is 16.5. The molecule has 1 aliphatic heterocycles. The minimum absolute atomic E-state index is 0.313. The van der Waals surface area contributed by atoms with Crippen molar-refractivity contribution in [2.75, 3.05) is 52.9 Å². The Morgan fingerprint density at radius 3 is 2.11 bits per heavy atom. The Morgan fingerprint density at radius 2 is 1.63 bits per heavy atom. The second kappa shape index (κ2) is 15.2. The second-order valence-electron chi connectivity index (χ2n) is 3.79. The van der Waals surface area contributed by atoms with E-state index in [-0.39, 0.29) is 6.09 Å². The highest BCUT2D eigenvalue weighted by molar-refractivity contribution is 5.66. The van der Waals surface area contributed by atoms with Gasteiger partial charge in [-0.2, -0.15) is 0 Å². The predicted molar refractivity (Wildman–Crippen MR) is 81.7 cm³/mol. The van der Waals surface area contributed by atoms with Gasteiger partial charge in [0.05, 0.1) is 6.61 Å². The normalized spacial score (nSPS) is 15.5. The van der Waals surface area contributed by atoms with Gasteiger partial charge in [-0.1, -0.05) is 27.7 Å². The van der Waals surface area contributed by atoms with Gasteiger partial charge in [0.2, 0.25) is 0 Å². The molecule has 0 aliphatic carbocycles. The second-order valence-corrected chi connectivity index (χ2v) is 3.79. The molecule has 1 N–H and O–H groups in total.